The molecule has 0 aromatic carbocycles. The molecule has 54 valence electrons. The second kappa shape index (κ2) is 2.13. The number of furan rings is 1. The number of hydrogen-bond donors (Lipinski definition) is 0. The van der Waals surface area contributed by atoms with E-state index in [1.54, 1.807) is 6.26 Å². The molecule has 0 amide bonds. The zero-order valence-corrected chi connectivity index (χ0v) is 6.02. The van der Waals surface area contributed by atoms with Crippen LogP contribution in [0.4, 0.5) is 0 Å². The molecule has 1 aromatic heterocycles. The fourth-order valence-corrected chi connectivity index (χ4v) is 1.34. The summed E-state index contributed by atoms with van der Waals surface area (Å²) in [5.74, 6) is 1.05. The van der Waals surface area contributed by atoms with Crippen LogP contribution in [0.3, 0.4) is 0 Å². The summed E-state index contributed by atoms with van der Waals surface area (Å²) in [5, 5.41) is 0. The molecule has 0 N–H and O–H groups in total. The third-order valence-corrected chi connectivity index (χ3v) is 1.94. The SMILES string of the molecule is Cc1occ2c1CCOC2. The minimum absolute atomic E-state index is 0.729. The Balaban J connectivity index is 2.45. The van der Waals surface area contributed by atoms with Crippen LogP contribution in [0, 0.1) is 6.92 Å². The molecule has 0 radical (unpaired) electrons. The van der Waals surface area contributed by atoms with E-state index in [1.807, 2.05) is 6.92 Å². The highest BCUT2D eigenvalue weighted by Crippen LogP contribution is 2.21. The summed E-state index contributed by atoms with van der Waals surface area (Å²) in [7, 11) is 0. The maximum atomic E-state index is 5.25. The Labute approximate surface area is 59.8 Å². The summed E-state index contributed by atoms with van der Waals surface area (Å²) in [5.41, 5.74) is 2.58. The largest absolute Gasteiger partial charge is 0.469 e. The minimum atomic E-state index is 0.729. The van der Waals surface area contributed by atoms with Gasteiger partial charge in [0.1, 0.15) is 5.76 Å². The summed E-state index contributed by atoms with van der Waals surface area (Å²) in [6.45, 7) is 3.57. The van der Waals surface area contributed by atoms with Gasteiger partial charge in [-0.05, 0) is 13.3 Å². The van der Waals surface area contributed by atoms with Crippen LogP contribution in [0.15, 0.2) is 10.7 Å². The Bertz CT molecular complexity index is 237. The molecule has 2 nitrogen and oxygen atoms in total. The summed E-state index contributed by atoms with van der Waals surface area (Å²) >= 11 is 0. The van der Waals surface area contributed by atoms with Crippen molar-refractivity contribution in [3.8, 4) is 0 Å². The molecule has 1 aliphatic heterocycles. The molecule has 1 aromatic rings. The lowest BCUT2D eigenvalue weighted by molar-refractivity contribution is 0.111. The molecule has 2 heterocycles. The highest BCUT2D eigenvalue weighted by Gasteiger charge is 2.13. The zero-order valence-electron chi connectivity index (χ0n) is 6.02. The van der Waals surface area contributed by atoms with Gasteiger partial charge in [-0.25, -0.2) is 0 Å². The maximum Gasteiger partial charge on any atom is 0.104 e. The van der Waals surface area contributed by atoms with Crippen LogP contribution < -0.4 is 0 Å². The monoisotopic (exact) mass is 138 g/mol. The van der Waals surface area contributed by atoms with E-state index in [2.05, 4.69) is 0 Å². The summed E-state index contributed by atoms with van der Waals surface area (Å²) in [6, 6.07) is 0. The van der Waals surface area contributed by atoms with E-state index in [9.17, 15) is 0 Å². The molecular formula is C8H10O2. The van der Waals surface area contributed by atoms with Crippen LogP contribution in [0.2, 0.25) is 0 Å². The fraction of sp³-hybridized carbons (Fsp3) is 0.500. The lowest BCUT2D eigenvalue weighted by Crippen LogP contribution is -2.07. The Kier molecular flexibility index (Phi) is 1.27. The molecule has 0 spiro atoms. The van der Waals surface area contributed by atoms with Gasteiger partial charge < -0.3 is 9.15 Å². The van der Waals surface area contributed by atoms with Gasteiger partial charge in [0.25, 0.3) is 0 Å². The number of hydrogen-bond acceptors (Lipinski definition) is 2. The van der Waals surface area contributed by atoms with Crippen LogP contribution in [0.25, 0.3) is 0 Å². The third kappa shape index (κ3) is 0.762. The molecule has 0 bridgehead atoms. The first-order valence-corrected chi connectivity index (χ1v) is 3.51. The Morgan fingerprint density at radius 2 is 2.40 bits per heavy atom. The predicted octanol–water partition coefficient (Wildman–Crippen LogP) is 1.66. The zero-order chi connectivity index (χ0) is 6.97. The van der Waals surface area contributed by atoms with E-state index in [0.29, 0.717) is 0 Å². The van der Waals surface area contributed by atoms with Crippen molar-refractivity contribution in [3.05, 3.63) is 23.2 Å². The smallest absolute Gasteiger partial charge is 0.104 e. The molecule has 0 atom stereocenters. The first kappa shape index (κ1) is 5.98. The molecule has 2 heteroatoms. The van der Waals surface area contributed by atoms with Crippen molar-refractivity contribution in [2.75, 3.05) is 6.61 Å². The van der Waals surface area contributed by atoms with E-state index in [0.717, 1.165) is 25.4 Å². The summed E-state index contributed by atoms with van der Waals surface area (Å²) in [4.78, 5) is 0. The van der Waals surface area contributed by atoms with Gasteiger partial charge in [0, 0.05) is 11.1 Å². The summed E-state index contributed by atoms with van der Waals surface area (Å²) < 4.78 is 10.5. The number of fused-ring (bicyclic) bond motifs is 1. The van der Waals surface area contributed by atoms with E-state index < -0.39 is 0 Å². The second-order valence-corrected chi connectivity index (χ2v) is 2.60. The third-order valence-electron chi connectivity index (χ3n) is 1.94. The predicted molar refractivity (Wildman–Crippen MR) is 36.8 cm³/mol. The minimum Gasteiger partial charge on any atom is -0.469 e. The first-order valence-electron chi connectivity index (χ1n) is 3.51. The van der Waals surface area contributed by atoms with Gasteiger partial charge in [-0.3, -0.25) is 0 Å². The molecule has 1 aliphatic rings. The van der Waals surface area contributed by atoms with Crippen LogP contribution in [0.1, 0.15) is 16.9 Å². The molecule has 0 fully saturated rings. The van der Waals surface area contributed by atoms with E-state index in [4.69, 9.17) is 9.15 Å². The Morgan fingerprint density at radius 3 is 3.20 bits per heavy atom. The average molecular weight is 138 g/mol. The van der Waals surface area contributed by atoms with Crippen molar-refractivity contribution in [1.29, 1.82) is 0 Å². The van der Waals surface area contributed by atoms with Gasteiger partial charge in [0.05, 0.1) is 19.5 Å². The first-order chi connectivity index (χ1) is 4.88. The van der Waals surface area contributed by atoms with Crippen LogP contribution in [-0.2, 0) is 17.8 Å². The molecule has 10 heavy (non-hydrogen) atoms. The second-order valence-electron chi connectivity index (χ2n) is 2.60. The molecular weight excluding hydrogens is 128 g/mol. The Morgan fingerprint density at radius 1 is 1.50 bits per heavy atom. The van der Waals surface area contributed by atoms with Gasteiger partial charge in [0.15, 0.2) is 0 Å². The topological polar surface area (TPSA) is 22.4 Å². The highest BCUT2D eigenvalue weighted by atomic mass is 16.5. The maximum absolute atomic E-state index is 5.25. The lowest BCUT2D eigenvalue weighted by atomic mass is 10.1. The van der Waals surface area contributed by atoms with E-state index in [1.165, 1.54) is 11.1 Å². The quantitative estimate of drug-likeness (QED) is 0.544. The van der Waals surface area contributed by atoms with Gasteiger partial charge in [0.2, 0.25) is 0 Å². The average Bonchev–Trinajstić information content (AvgIpc) is 2.34. The van der Waals surface area contributed by atoms with Crippen molar-refractivity contribution in [1.82, 2.24) is 0 Å². The normalized spacial score (nSPS) is 16.9. The van der Waals surface area contributed by atoms with Crippen LogP contribution in [-0.4, -0.2) is 6.61 Å². The fourth-order valence-electron chi connectivity index (χ4n) is 1.34. The Hall–Kier alpha value is -0.760. The highest BCUT2D eigenvalue weighted by molar-refractivity contribution is 5.28. The van der Waals surface area contributed by atoms with Crippen molar-refractivity contribution >= 4 is 0 Å². The molecule has 0 saturated carbocycles. The molecule has 0 unspecified atom stereocenters. The molecule has 2 rings (SSSR count). The lowest BCUT2D eigenvalue weighted by Gasteiger charge is -2.10. The standard InChI is InChI=1S/C8H10O2/c1-6-8-2-3-9-4-7(8)5-10-6/h5H,2-4H2,1H3. The molecule has 0 aliphatic carbocycles. The van der Waals surface area contributed by atoms with Crippen molar-refractivity contribution in [3.63, 3.8) is 0 Å². The van der Waals surface area contributed by atoms with Gasteiger partial charge in [-0.2, -0.15) is 0 Å². The summed E-state index contributed by atoms with van der Waals surface area (Å²) in [6.07, 6.45) is 2.81. The van der Waals surface area contributed by atoms with E-state index in [-0.39, 0.29) is 0 Å². The molecule has 0 saturated heterocycles. The van der Waals surface area contributed by atoms with Gasteiger partial charge >= 0.3 is 0 Å². The van der Waals surface area contributed by atoms with Crippen LogP contribution >= 0.6 is 0 Å². The van der Waals surface area contributed by atoms with Crippen molar-refractivity contribution in [2.45, 2.75) is 20.0 Å². The number of aryl methyl sites for hydroxylation is 1. The number of ether oxygens (including phenoxy) is 1. The number of rotatable bonds is 0. The van der Waals surface area contributed by atoms with Gasteiger partial charge in [-0.1, -0.05) is 0 Å². The van der Waals surface area contributed by atoms with Crippen LogP contribution in [0.5, 0.6) is 0 Å². The van der Waals surface area contributed by atoms with Gasteiger partial charge in [-0.15, -0.1) is 0 Å². The van der Waals surface area contributed by atoms with E-state index >= 15 is 0 Å². The van der Waals surface area contributed by atoms with Crippen molar-refractivity contribution in [2.24, 2.45) is 0 Å². The van der Waals surface area contributed by atoms with Crippen molar-refractivity contribution < 1.29 is 9.15 Å².